The highest BCUT2D eigenvalue weighted by atomic mass is 19.3. The molecule has 4 nitrogen and oxygen atoms in total. The molecule has 3 aromatic rings. The molecule has 0 amide bonds. The van der Waals surface area contributed by atoms with Gasteiger partial charge in [-0.1, -0.05) is 18.2 Å². The molecule has 0 bridgehead atoms. The van der Waals surface area contributed by atoms with Crippen LogP contribution in [-0.4, -0.2) is 30.1 Å². The molecular weight excluding hydrogens is 374 g/mol. The Balaban J connectivity index is 1.60. The van der Waals surface area contributed by atoms with Gasteiger partial charge in [-0.15, -0.1) is 0 Å². The lowest BCUT2D eigenvalue weighted by Gasteiger charge is -2.26. The van der Waals surface area contributed by atoms with Crippen molar-refractivity contribution in [3.63, 3.8) is 0 Å². The highest BCUT2D eigenvalue weighted by molar-refractivity contribution is 5.86. The Morgan fingerprint density at radius 1 is 1.07 bits per heavy atom. The zero-order valence-electron chi connectivity index (χ0n) is 16.5. The van der Waals surface area contributed by atoms with Crippen molar-refractivity contribution in [2.45, 2.75) is 31.6 Å². The molecule has 0 unspecified atom stereocenters. The molecule has 1 aliphatic carbocycles. The summed E-state index contributed by atoms with van der Waals surface area (Å²) in [5.41, 5.74) is 3.58. The lowest BCUT2D eigenvalue weighted by molar-refractivity contribution is -0.0410. The molecule has 0 saturated heterocycles. The van der Waals surface area contributed by atoms with Gasteiger partial charge in [0, 0.05) is 12.8 Å². The Morgan fingerprint density at radius 2 is 1.76 bits per heavy atom. The van der Waals surface area contributed by atoms with E-state index in [1.54, 1.807) is 14.2 Å². The van der Waals surface area contributed by atoms with E-state index in [0.717, 1.165) is 39.5 Å². The van der Waals surface area contributed by atoms with E-state index in [-0.39, 0.29) is 18.8 Å². The SMILES string of the molecule is COc1cccc(OC)c1-c1ccc2nc(C=CC3CCC(F)(F)CC3)[nH]c2c1. The number of rotatable bonds is 5. The van der Waals surface area contributed by atoms with E-state index in [9.17, 15) is 8.78 Å². The third-order valence-electron chi connectivity index (χ3n) is 5.50. The van der Waals surface area contributed by atoms with E-state index in [0.29, 0.717) is 12.8 Å². The number of nitrogens with zero attached hydrogens (tertiary/aromatic N) is 1. The molecule has 29 heavy (non-hydrogen) atoms. The number of ether oxygens (including phenoxy) is 2. The van der Waals surface area contributed by atoms with Gasteiger partial charge in [0.2, 0.25) is 5.92 Å². The standard InChI is InChI=1S/C23H24F2N2O2/c1-28-19-4-3-5-20(29-2)22(19)16-7-8-17-18(14-16)27-21(26-17)9-6-15-10-12-23(24,25)13-11-15/h3-9,14-15H,10-13H2,1-2H3,(H,26,27). The highest BCUT2D eigenvalue weighted by Gasteiger charge is 2.33. The van der Waals surface area contributed by atoms with Crippen LogP contribution in [0.2, 0.25) is 0 Å². The molecule has 4 rings (SSSR count). The Bertz CT molecular complexity index is 1010. The van der Waals surface area contributed by atoms with Crippen molar-refractivity contribution >= 4 is 17.1 Å². The number of aromatic nitrogens is 2. The molecule has 6 heteroatoms. The number of benzene rings is 2. The Labute approximate surface area is 168 Å². The summed E-state index contributed by atoms with van der Waals surface area (Å²) in [6, 6.07) is 11.6. The number of methoxy groups -OCH3 is 2. The zero-order valence-corrected chi connectivity index (χ0v) is 16.5. The van der Waals surface area contributed by atoms with E-state index >= 15 is 0 Å². The van der Waals surface area contributed by atoms with Crippen LogP contribution in [0.1, 0.15) is 31.5 Å². The fourth-order valence-electron chi connectivity index (χ4n) is 3.88. The Morgan fingerprint density at radius 3 is 2.41 bits per heavy atom. The summed E-state index contributed by atoms with van der Waals surface area (Å²) in [6.07, 6.45) is 4.86. The first kappa shape index (κ1) is 19.4. The second-order valence-corrected chi connectivity index (χ2v) is 7.44. The number of alkyl halides is 2. The maximum absolute atomic E-state index is 13.3. The minimum absolute atomic E-state index is 0.0355. The fourth-order valence-corrected chi connectivity index (χ4v) is 3.88. The number of aromatic amines is 1. The first-order chi connectivity index (χ1) is 14.0. The van der Waals surface area contributed by atoms with Gasteiger partial charge in [0.15, 0.2) is 0 Å². The van der Waals surface area contributed by atoms with E-state index in [1.165, 1.54) is 0 Å². The van der Waals surface area contributed by atoms with Crippen LogP contribution in [0, 0.1) is 5.92 Å². The van der Waals surface area contributed by atoms with Gasteiger partial charge in [-0.05, 0) is 54.7 Å². The molecule has 1 aromatic heterocycles. The van der Waals surface area contributed by atoms with Crippen LogP contribution < -0.4 is 9.47 Å². The van der Waals surface area contributed by atoms with Crippen LogP contribution in [0.15, 0.2) is 42.5 Å². The second-order valence-electron chi connectivity index (χ2n) is 7.44. The van der Waals surface area contributed by atoms with Crippen LogP contribution in [0.3, 0.4) is 0 Å². The molecule has 1 N–H and O–H groups in total. The predicted molar refractivity (Wildman–Crippen MR) is 111 cm³/mol. The molecule has 0 radical (unpaired) electrons. The van der Waals surface area contributed by atoms with Crippen molar-refractivity contribution < 1.29 is 18.3 Å². The van der Waals surface area contributed by atoms with Crippen molar-refractivity contribution in [3.05, 3.63) is 48.3 Å². The van der Waals surface area contributed by atoms with Crippen molar-refractivity contribution in [1.29, 1.82) is 0 Å². The van der Waals surface area contributed by atoms with Crippen molar-refractivity contribution in [2.75, 3.05) is 14.2 Å². The van der Waals surface area contributed by atoms with Gasteiger partial charge in [-0.2, -0.15) is 0 Å². The third-order valence-corrected chi connectivity index (χ3v) is 5.50. The average Bonchev–Trinajstić information content (AvgIpc) is 3.14. The Kier molecular flexibility index (Phi) is 5.26. The van der Waals surface area contributed by atoms with Crippen LogP contribution in [-0.2, 0) is 0 Å². The van der Waals surface area contributed by atoms with Gasteiger partial charge < -0.3 is 14.5 Å². The number of imidazole rings is 1. The van der Waals surface area contributed by atoms with E-state index in [2.05, 4.69) is 9.97 Å². The summed E-state index contributed by atoms with van der Waals surface area (Å²) in [5, 5.41) is 0. The first-order valence-corrected chi connectivity index (χ1v) is 9.76. The zero-order chi connectivity index (χ0) is 20.4. The van der Waals surface area contributed by atoms with Crippen LogP contribution in [0.4, 0.5) is 8.78 Å². The van der Waals surface area contributed by atoms with Crippen LogP contribution in [0.5, 0.6) is 11.5 Å². The predicted octanol–water partition coefficient (Wildman–Crippen LogP) is 6.09. The van der Waals surface area contributed by atoms with E-state index in [1.807, 2.05) is 48.6 Å². The molecule has 1 aliphatic rings. The number of H-pyrrole nitrogens is 1. The van der Waals surface area contributed by atoms with E-state index in [4.69, 9.17) is 9.47 Å². The van der Waals surface area contributed by atoms with Gasteiger partial charge in [0.1, 0.15) is 17.3 Å². The van der Waals surface area contributed by atoms with Crippen molar-refractivity contribution in [1.82, 2.24) is 9.97 Å². The summed E-state index contributed by atoms with van der Waals surface area (Å²) < 4.78 is 37.6. The molecular formula is C23H24F2N2O2. The van der Waals surface area contributed by atoms with Gasteiger partial charge in [-0.3, -0.25) is 0 Å². The van der Waals surface area contributed by atoms with Crippen molar-refractivity contribution in [3.8, 4) is 22.6 Å². The topological polar surface area (TPSA) is 47.1 Å². The monoisotopic (exact) mass is 398 g/mol. The number of hydrogen-bond donors (Lipinski definition) is 1. The van der Waals surface area contributed by atoms with Crippen molar-refractivity contribution in [2.24, 2.45) is 5.92 Å². The maximum Gasteiger partial charge on any atom is 0.248 e. The number of halogens is 2. The molecule has 0 atom stereocenters. The molecule has 1 heterocycles. The summed E-state index contributed by atoms with van der Waals surface area (Å²) in [7, 11) is 3.27. The number of fused-ring (bicyclic) bond motifs is 1. The molecule has 1 saturated carbocycles. The summed E-state index contributed by atoms with van der Waals surface area (Å²) in [6.45, 7) is 0. The summed E-state index contributed by atoms with van der Waals surface area (Å²) in [4.78, 5) is 7.90. The van der Waals surface area contributed by atoms with Gasteiger partial charge in [0.05, 0.1) is 30.8 Å². The lowest BCUT2D eigenvalue weighted by atomic mass is 9.86. The molecule has 152 valence electrons. The summed E-state index contributed by atoms with van der Waals surface area (Å²) >= 11 is 0. The fraction of sp³-hybridized carbons (Fsp3) is 0.348. The second kappa shape index (κ2) is 7.85. The quantitative estimate of drug-likeness (QED) is 0.566. The lowest BCUT2D eigenvalue weighted by Crippen LogP contribution is -2.23. The number of hydrogen-bond acceptors (Lipinski definition) is 3. The largest absolute Gasteiger partial charge is 0.496 e. The van der Waals surface area contributed by atoms with Gasteiger partial charge in [0.25, 0.3) is 0 Å². The van der Waals surface area contributed by atoms with E-state index < -0.39 is 5.92 Å². The summed E-state index contributed by atoms with van der Waals surface area (Å²) in [5.74, 6) is -0.132. The number of allylic oxidation sites excluding steroid dienone is 1. The molecule has 1 fully saturated rings. The normalized spacial score (nSPS) is 17.1. The molecule has 0 spiro atoms. The molecule has 0 aliphatic heterocycles. The highest BCUT2D eigenvalue weighted by Crippen LogP contribution is 2.39. The molecule has 2 aromatic carbocycles. The van der Waals surface area contributed by atoms with Crippen LogP contribution >= 0.6 is 0 Å². The van der Waals surface area contributed by atoms with Crippen LogP contribution in [0.25, 0.3) is 28.2 Å². The maximum atomic E-state index is 13.3. The Hall–Kier alpha value is -2.89. The number of nitrogens with one attached hydrogen (secondary N) is 1. The smallest absolute Gasteiger partial charge is 0.248 e. The third kappa shape index (κ3) is 4.11. The van der Waals surface area contributed by atoms with Gasteiger partial charge in [-0.25, -0.2) is 13.8 Å². The minimum Gasteiger partial charge on any atom is -0.496 e. The van der Waals surface area contributed by atoms with Gasteiger partial charge >= 0.3 is 0 Å². The first-order valence-electron chi connectivity index (χ1n) is 9.76. The minimum atomic E-state index is -2.50. The average molecular weight is 398 g/mol.